The van der Waals surface area contributed by atoms with Gasteiger partial charge in [-0.05, 0) is 26.0 Å². The molecule has 5 nitrogen and oxygen atoms in total. The van der Waals surface area contributed by atoms with Crippen molar-refractivity contribution in [2.45, 2.75) is 33.5 Å². The fourth-order valence-electron chi connectivity index (χ4n) is 2.74. The molecule has 0 aliphatic heterocycles. The Morgan fingerprint density at radius 1 is 1.19 bits per heavy atom. The highest BCUT2D eigenvalue weighted by Crippen LogP contribution is 2.16. The van der Waals surface area contributed by atoms with Gasteiger partial charge in [-0.25, -0.2) is 4.98 Å². The van der Waals surface area contributed by atoms with Crippen molar-refractivity contribution >= 4 is 11.0 Å². The van der Waals surface area contributed by atoms with Crippen LogP contribution in [0.15, 0.2) is 30.5 Å². The van der Waals surface area contributed by atoms with Crippen molar-refractivity contribution in [2.24, 2.45) is 7.05 Å². The molecular formula is C16H21N5. The Hall–Kier alpha value is -2.14. The maximum absolute atomic E-state index is 4.72. The lowest BCUT2D eigenvalue weighted by atomic mass is 10.2. The molecule has 0 amide bonds. The van der Waals surface area contributed by atoms with Crippen LogP contribution in [0.3, 0.4) is 0 Å². The minimum Gasteiger partial charge on any atom is -0.327 e. The number of nitrogens with one attached hydrogen (secondary N) is 1. The molecule has 0 saturated heterocycles. The predicted octanol–water partition coefficient (Wildman–Crippen LogP) is 2.39. The zero-order chi connectivity index (χ0) is 14.8. The van der Waals surface area contributed by atoms with Crippen LogP contribution >= 0.6 is 0 Å². The van der Waals surface area contributed by atoms with Crippen molar-refractivity contribution in [1.29, 1.82) is 0 Å². The molecule has 2 aromatic heterocycles. The lowest BCUT2D eigenvalue weighted by Crippen LogP contribution is -2.16. The van der Waals surface area contributed by atoms with E-state index in [1.165, 1.54) is 11.1 Å². The molecule has 0 aliphatic rings. The number of para-hydroxylation sites is 2. The average molecular weight is 283 g/mol. The number of aromatic nitrogens is 4. The second-order valence-electron chi connectivity index (χ2n) is 5.28. The van der Waals surface area contributed by atoms with E-state index in [1.54, 1.807) is 0 Å². The number of hydrogen-bond donors (Lipinski definition) is 1. The van der Waals surface area contributed by atoms with Gasteiger partial charge in [-0.1, -0.05) is 12.1 Å². The zero-order valence-electron chi connectivity index (χ0n) is 12.8. The first kappa shape index (κ1) is 13.8. The molecule has 0 atom stereocenters. The van der Waals surface area contributed by atoms with E-state index in [9.17, 15) is 0 Å². The van der Waals surface area contributed by atoms with Crippen LogP contribution < -0.4 is 5.32 Å². The van der Waals surface area contributed by atoms with Crippen molar-refractivity contribution in [2.75, 3.05) is 0 Å². The molecule has 0 fully saturated rings. The van der Waals surface area contributed by atoms with Gasteiger partial charge < -0.3 is 9.88 Å². The largest absolute Gasteiger partial charge is 0.327 e. The van der Waals surface area contributed by atoms with E-state index in [1.807, 2.05) is 24.7 Å². The molecule has 3 rings (SSSR count). The Morgan fingerprint density at radius 3 is 2.71 bits per heavy atom. The molecule has 0 spiro atoms. The second kappa shape index (κ2) is 5.69. The molecule has 5 heteroatoms. The molecule has 0 unspecified atom stereocenters. The second-order valence-corrected chi connectivity index (χ2v) is 5.28. The number of aryl methyl sites for hydroxylation is 3. The van der Waals surface area contributed by atoms with Crippen LogP contribution in [-0.4, -0.2) is 19.3 Å². The van der Waals surface area contributed by atoms with Gasteiger partial charge in [0.25, 0.3) is 0 Å². The summed E-state index contributed by atoms with van der Waals surface area (Å²) in [4.78, 5) is 4.72. The third-order valence-electron chi connectivity index (χ3n) is 3.76. The van der Waals surface area contributed by atoms with E-state index in [0.717, 1.165) is 36.7 Å². The summed E-state index contributed by atoms with van der Waals surface area (Å²) in [6, 6.07) is 8.29. The molecule has 110 valence electrons. The Labute approximate surface area is 124 Å². The minimum absolute atomic E-state index is 0.761. The highest BCUT2D eigenvalue weighted by atomic mass is 15.3. The maximum Gasteiger partial charge on any atom is 0.123 e. The van der Waals surface area contributed by atoms with E-state index >= 15 is 0 Å². The summed E-state index contributed by atoms with van der Waals surface area (Å²) in [5.41, 5.74) is 4.58. The fraction of sp³-hybridized carbons (Fsp3) is 0.375. The molecule has 2 heterocycles. The highest BCUT2D eigenvalue weighted by Gasteiger charge is 2.09. The Bertz CT molecular complexity index is 753. The number of rotatable bonds is 5. The molecule has 0 bridgehead atoms. The smallest absolute Gasteiger partial charge is 0.123 e. The molecule has 1 aromatic carbocycles. The summed E-state index contributed by atoms with van der Waals surface area (Å²) in [5.74, 6) is 1.08. The Balaban J connectivity index is 1.74. The summed E-state index contributed by atoms with van der Waals surface area (Å²) in [7, 11) is 1.95. The average Bonchev–Trinajstić information content (AvgIpc) is 2.98. The van der Waals surface area contributed by atoms with Crippen LogP contribution in [0.4, 0.5) is 0 Å². The molecular weight excluding hydrogens is 262 g/mol. The van der Waals surface area contributed by atoms with E-state index in [-0.39, 0.29) is 0 Å². The van der Waals surface area contributed by atoms with Gasteiger partial charge in [0, 0.05) is 31.9 Å². The first-order chi connectivity index (χ1) is 10.2. The van der Waals surface area contributed by atoms with Crippen LogP contribution in [0, 0.1) is 6.92 Å². The first-order valence-electron chi connectivity index (χ1n) is 7.33. The molecule has 0 radical (unpaired) electrons. The van der Waals surface area contributed by atoms with E-state index in [2.05, 4.69) is 46.3 Å². The van der Waals surface area contributed by atoms with E-state index < -0.39 is 0 Å². The van der Waals surface area contributed by atoms with Gasteiger partial charge in [0.15, 0.2) is 0 Å². The summed E-state index contributed by atoms with van der Waals surface area (Å²) in [5, 5.41) is 7.83. The van der Waals surface area contributed by atoms with Gasteiger partial charge >= 0.3 is 0 Å². The lowest BCUT2D eigenvalue weighted by Gasteiger charge is -2.07. The number of fused-ring (bicyclic) bond motifs is 1. The van der Waals surface area contributed by atoms with Crippen molar-refractivity contribution in [3.05, 3.63) is 47.5 Å². The maximum atomic E-state index is 4.72. The van der Waals surface area contributed by atoms with Gasteiger partial charge in [0.1, 0.15) is 5.82 Å². The normalized spacial score (nSPS) is 11.4. The molecule has 1 N–H and O–H groups in total. The fourth-order valence-corrected chi connectivity index (χ4v) is 2.74. The number of nitrogens with zero attached hydrogens (tertiary/aromatic N) is 4. The highest BCUT2D eigenvalue weighted by molar-refractivity contribution is 5.75. The van der Waals surface area contributed by atoms with Gasteiger partial charge in [0.2, 0.25) is 0 Å². The summed E-state index contributed by atoms with van der Waals surface area (Å²) >= 11 is 0. The van der Waals surface area contributed by atoms with Gasteiger partial charge in [-0.2, -0.15) is 5.10 Å². The topological polar surface area (TPSA) is 47.7 Å². The van der Waals surface area contributed by atoms with Crippen molar-refractivity contribution in [1.82, 2.24) is 24.6 Å². The third-order valence-corrected chi connectivity index (χ3v) is 3.76. The van der Waals surface area contributed by atoms with Crippen LogP contribution in [0.2, 0.25) is 0 Å². The van der Waals surface area contributed by atoms with Gasteiger partial charge in [-0.15, -0.1) is 0 Å². The summed E-state index contributed by atoms with van der Waals surface area (Å²) in [6.45, 7) is 6.70. The van der Waals surface area contributed by atoms with Crippen LogP contribution in [0.1, 0.15) is 24.0 Å². The minimum atomic E-state index is 0.761. The number of imidazole rings is 1. The third kappa shape index (κ3) is 2.69. The van der Waals surface area contributed by atoms with Crippen LogP contribution in [0.5, 0.6) is 0 Å². The molecule has 3 aromatic rings. The summed E-state index contributed by atoms with van der Waals surface area (Å²) < 4.78 is 4.12. The molecule has 0 aliphatic carbocycles. The van der Waals surface area contributed by atoms with Gasteiger partial charge in [0.05, 0.1) is 23.3 Å². The Morgan fingerprint density at radius 2 is 2.00 bits per heavy atom. The van der Waals surface area contributed by atoms with Crippen LogP contribution in [0.25, 0.3) is 11.0 Å². The van der Waals surface area contributed by atoms with Crippen LogP contribution in [-0.2, 0) is 26.7 Å². The van der Waals surface area contributed by atoms with Crippen molar-refractivity contribution in [3.63, 3.8) is 0 Å². The van der Waals surface area contributed by atoms with Gasteiger partial charge in [-0.3, -0.25) is 4.68 Å². The standard InChI is InChI=1S/C16H21N5/c1-4-21-15-8-6-5-7-14(15)18-16(21)10-17-9-13-11-20(3)19-12(13)2/h5-8,11,17H,4,9-10H2,1-3H3. The SMILES string of the molecule is CCn1c(CNCc2cn(C)nc2C)nc2ccccc21. The van der Waals surface area contributed by atoms with E-state index in [0.29, 0.717) is 0 Å². The number of benzene rings is 1. The molecule has 0 saturated carbocycles. The molecule has 21 heavy (non-hydrogen) atoms. The zero-order valence-corrected chi connectivity index (χ0v) is 12.8. The predicted molar refractivity (Wildman–Crippen MR) is 83.9 cm³/mol. The number of hydrogen-bond acceptors (Lipinski definition) is 3. The Kier molecular flexibility index (Phi) is 3.75. The monoisotopic (exact) mass is 283 g/mol. The first-order valence-corrected chi connectivity index (χ1v) is 7.33. The summed E-state index contributed by atoms with van der Waals surface area (Å²) in [6.07, 6.45) is 2.06. The quantitative estimate of drug-likeness (QED) is 0.782. The van der Waals surface area contributed by atoms with Crippen molar-refractivity contribution in [3.8, 4) is 0 Å². The van der Waals surface area contributed by atoms with E-state index in [4.69, 9.17) is 4.98 Å². The van der Waals surface area contributed by atoms with Crippen molar-refractivity contribution < 1.29 is 0 Å². The lowest BCUT2D eigenvalue weighted by molar-refractivity contribution is 0.619.